The van der Waals surface area contributed by atoms with E-state index in [4.69, 9.17) is 5.84 Å². The number of nitrogens with zero attached hydrogens (tertiary/aromatic N) is 2. The van der Waals surface area contributed by atoms with Crippen molar-refractivity contribution >= 4 is 6.72 Å². The molecule has 0 amide bonds. The molecule has 0 rings (SSSR count). The van der Waals surface area contributed by atoms with Crippen LogP contribution in [0, 0.1) is 0 Å². The lowest BCUT2D eigenvalue weighted by Gasteiger charge is -2.22. The number of hydrogen-bond donors (Lipinski definition) is 2. The van der Waals surface area contributed by atoms with Crippen molar-refractivity contribution in [2.24, 2.45) is 10.9 Å². The zero-order chi connectivity index (χ0) is 7.28. The van der Waals surface area contributed by atoms with Crippen LogP contribution >= 0.6 is 0 Å². The van der Waals surface area contributed by atoms with Crippen molar-refractivity contribution in [2.75, 3.05) is 6.54 Å². The van der Waals surface area contributed by atoms with Gasteiger partial charge in [0, 0.05) is 13.3 Å². The minimum absolute atomic E-state index is 0.0625. The molecule has 0 aromatic rings. The highest BCUT2D eigenvalue weighted by Crippen LogP contribution is 1.91. The third-order valence-electron chi connectivity index (χ3n) is 1.19. The average Bonchev–Trinajstić information content (AvgIpc) is 1.90. The van der Waals surface area contributed by atoms with E-state index < -0.39 is 0 Å². The molecule has 0 bridgehead atoms. The monoisotopic (exact) mass is 130 g/mol. The van der Waals surface area contributed by atoms with Gasteiger partial charge in [0.05, 0.1) is 0 Å². The van der Waals surface area contributed by atoms with Gasteiger partial charge in [-0.15, -0.1) is 0 Å². The van der Waals surface area contributed by atoms with Crippen LogP contribution in [0.1, 0.15) is 13.8 Å². The van der Waals surface area contributed by atoms with Crippen molar-refractivity contribution in [1.82, 2.24) is 10.4 Å². The lowest BCUT2D eigenvalue weighted by atomic mass is 10.5. The number of rotatable bonds is 4. The molecule has 4 heteroatoms. The molecule has 0 saturated heterocycles. The quantitative estimate of drug-likeness (QED) is 0.238. The minimum atomic E-state index is 0.0625. The lowest BCUT2D eigenvalue weighted by molar-refractivity contribution is 0.199. The molecule has 54 valence electrons. The number of nitrogens with one attached hydrogen (secondary N) is 1. The van der Waals surface area contributed by atoms with Crippen molar-refractivity contribution in [1.29, 1.82) is 0 Å². The van der Waals surface area contributed by atoms with Crippen molar-refractivity contribution in [3.8, 4) is 0 Å². The van der Waals surface area contributed by atoms with E-state index in [2.05, 4.69) is 17.2 Å². The second kappa shape index (κ2) is 4.29. The first kappa shape index (κ1) is 8.39. The predicted octanol–water partition coefficient (Wildman–Crippen LogP) is -0.267. The zero-order valence-electron chi connectivity index (χ0n) is 5.96. The molecule has 0 fully saturated rings. The summed E-state index contributed by atoms with van der Waals surface area (Å²) < 4.78 is 0. The molecule has 3 N–H and O–H groups in total. The van der Waals surface area contributed by atoms with Gasteiger partial charge in [0.2, 0.25) is 0 Å². The summed E-state index contributed by atoms with van der Waals surface area (Å²) in [6, 6.07) is 0. The standard InChI is InChI=1S/C5H14N4/c1-4-9(7-3)5(2)8-6/h5,8H,3-4,6H2,1-2H3. The molecule has 1 atom stereocenters. The molecule has 0 spiro atoms. The van der Waals surface area contributed by atoms with Gasteiger partial charge in [-0.2, -0.15) is 5.10 Å². The Morgan fingerprint density at radius 1 is 1.89 bits per heavy atom. The molecule has 0 saturated carbocycles. The van der Waals surface area contributed by atoms with Gasteiger partial charge in [0.1, 0.15) is 6.17 Å². The fourth-order valence-corrected chi connectivity index (χ4v) is 0.582. The first-order valence-corrected chi connectivity index (χ1v) is 2.95. The summed E-state index contributed by atoms with van der Waals surface area (Å²) >= 11 is 0. The SMILES string of the molecule is C=NN(CC)C(C)NN. The van der Waals surface area contributed by atoms with E-state index in [-0.39, 0.29) is 6.17 Å². The summed E-state index contributed by atoms with van der Waals surface area (Å²) in [4.78, 5) is 0. The molecule has 0 heterocycles. The molecule has 9 heavy (non-hydrogen) atoms. The molecule has 1 unspecified atom stereocenters. The maximum Gasteiger partial charge on any atom is 0.106 e. The molecule has 0 aliphatic carbocycles. The van der Waals surface area contributed by atoms with Crippen molar-refractivity contribution in [3.63, 3.8) is 0 Å². The highest BCUT2D eigenvalue weighted by atomic mass is 15.5. The topological polar surface area (TPSA) is 53.6 Å². The normalized spacial score (nSPS) is 12.8. The maximum atomic E-state index is 5.14. The van der Waals surface area contributed by atoms with Crippen LogP contribution in [0.5, 0.6) is 0 Å². The maximum absolute atomic E-state index is 5.14. The second-order valence-electron chi connectivity index (χ2n) is 1.74. The van der Waals surface area contributed by atoms with Crippen LogP contribution in [-0.4, -0.2) is 24.4 Å². The molecule has 0 aromatic carbocycles. The van der Waals surface area contributed by atoms with Gasteiger partial charge in [-0.25, -0.2) is 5.43 Å². The molecule has 0 aliphatic heterocycles. The van der Waals surface area contributed by atoms with Crippen molar-refractivity contribution in [3.05, 3.63) is 0 Å². The third-order valence-corrected chi connectivity index (χ3v) is 1.19. The van der Waals surface area contributed by atoms with E-state index in [0.29, 0.717) is 0 Å². The Morgan fingerprint density at radius 3 is 2.56 bits per heavy atom. The second-order valence-corrected chi connectivity index (χ2v) is 1.74. The van der Waals surface area contributed by atoms with Crippen LogP contribution in [0.3, 0.4) is 0 Å². The predicted molar refractivity (Wildman–Crippen MR) is 38.7 cm³/mol. The summed E-state index contributed by atoms with van der Waals surface area (Å²) in [5, 5.41) is 5.47. The van der Waals surface area contributed by atoms with E-state index in [0.717, 1.165) is 6.54 Å². The Labute approximate surface area is 55.7 Å². The number of nitrogens with two attached hydrogens (primary N) is 1. The van der Waals surface area contributed by atoms with Gasteiger partial charge < -0.3 is 0 Å². The Hall–Kier alpha value is -0.610. The summed E-state index contributed by atoms with van der Waals surface area (Å²) in [7, 11) is 0. The summed E-state index contributed by atoms with van der Waals surface area (Å²) in [5.74, 6) is 5.14. The molecule has 0 aliphatic rings. The van der Waals surface area contributed by atoms with Gasteiger partial charge >= 0.3 is 0 Å². The van der Waals surface area contributed by atoms with Crippen LogP contribution in [0.15, 0.2) is 5.10 Å². The number of hydrazone groups is 1. The zero-order valence-corrected chi connectivity index (χ0v) is 5.96. The highest BCUT2D eigenvalue weighted by Gasteiger charge is 2.03. The fourth-order valence-electron chi connectivity index (χ4n) is 0.582. The van der Waals surface area contributed by atoms with Crippen LogP contribution < -0.4 is 11.3 Å². The highest BCUT2D eigenvalue weighted by molar-refractivity contribution is 5.22. The van der Waals surface area contributed by atoms with E-state index in [9.17, 15) is 0 Å². The Bertz CT molecular complexity index is 83.0. The molecular weight excluding hydrogens is 116 g/mol. The lowest BCUT2D eigenvalue weighted by Crippen LogP contribution is -2.44. The van der Waals surface area contributed by atoms with Gasteiger partial charge in [-0.1, -0.05) is 0 Å². The van der Waals surface area contributed by atoms with E-state index in [1.54, 1.807) is 5.01 Å². The first-order valence-electron chi connectivity index (χ1n) is 2.95. The van der Waals surface area contributed by atoms with Gasteiger partial charge in [-0.05, 0) is 13.8 Å². The number of hydrogen-bond acceptors (Lipinski definition) is 4. The summed E-state index contributed by atoms with van der Waals surface area (Å²) in [6.07, 6.45) is 0.0625. The van der Waals surface area contributed by atoms with Gasteiger partial charge in [-0.3, -0.25) is 10.9 Å². The van der Waals surface area contributed by atoms with Crippen molar-refractivity contribution < 1.29 is 0 Å². The molecule has 0 aromatic heterocycles. The van der Waals surface area contributed by atoms with Crippen LogP contribution in [-0.2, 0) is 0 Å². The van der Waals surface area contributed by atoms with E-state index in [1.807, 2.05) is 13.8 Å². The smallest absolute Gasteiger partial charge is 0.106 e. The third kappa shape index (κ3) is 2.43. The van der Waals surface area contributed by atoms with Gasteiger partial charge in [0.25, 0.3) is 0 Å². The Morgan fingerprint density at radius 2 is 2.44 bits per heavy atom. The Balaban J connectivity index is 3.63. The van der Waals surface area contributed by atoms with E-state index in [1.165, 1.54) is 0 Å². The first-order chi connectivity index (χ1) is 4.26. The molecule has 0 radical (unpaired) electrons. The van der Waals surface area contributed by atoms with Crippen LogP contribution in [0.25, 0.3) is 0 Å². The molecular formula is C5H14N4. The summed E-state index contributed by atoms with van der Waals surface area (Å²) in [6.45, 7) is 8.10. The summed E-state index contributed by atoms with van der Waals surface area (Å²) in [5.41, 5.74) is 2.56. The Kier molecular flexibility index (Phi) is 4.00. The van der Waals surface area contributed by atoms with Gasteiger partial charge in [0.15, 0.2) is 0 Å². The average molecular weight is 130 g/mol. The van der Waals surface area contributed by atoms with E-state index >= 15 is 0 Å². The largest absolute Gasteiger partial charge is 0.280 e. The minimum Gasteiger partial charge on any atom is -0.280 e. The van der Waals surface area contributed by atoms with Crippen LogP contribution in [0.2, 0.25) is 0 Å². The molecule has 4 nitrogen and oxygen atoms in total. The fraction of sp³-hybridized carbons (Fsp3) is 0.800. The number of hydrazine groups is 1. The van der Waals surface area contributed by atoms with Crippen molar-refractivity contribution in [2.45, 2.75) is 20.0 Å². The van der Waals surface area contributed by atoms with Crippen LogP contribution in [0.4, 0.5) is 0 Å².